The van der Waals surface area contributed by atoms with Gasteiger partial charge in [-0.05, 0) is 54.1 Å². The van der Waals surface area contributed by atoms with Crippen LogP contribution in [0.2, 0.25) is 0 Å². The maximum atomic E-state index is 12.2. The Morgan fingerprint density at radius 3 is 2.85 bits per heavy atom. The molecule has 0 atom stereocenters. The number of phenols is 1. The predicted molar refractivity (Wildman–Crippen MR) is 82.6 cm³/mol. The second-order valence-electron chi connectivity index (χ2n) is 4.65. The third kappa shape index (κ3) is 2.38. The average molecular weight is 283 g/mol. The molecule has 0 saturated carbocycles. The number of hydrogen-bond acceptors (Lipinski definition) is 3. The second kappa shape index (κ2) is 4.98. The molecule has 1 heterocycles. The number of hydrogen-bond donors (Lipinski definition) is 2. The van der Waals surface area contributed by atoms with Crippen LogP contribution in [-0.4, -0.2) is 11.0 Å². The van der Waals surface area contributed by atoms with Crippen molar-refractivity contribution >= 4 is 33.0 Å². The largest absolute Gasteiger partial charge is 0.507 e. The fourth-order valence-corrected chi connectivity index (χ4v) is 2.85. The normalized spacial score (nSPS) is 10.7. The molecule has 0 fully saturated rings. The number of phenolic OH excluding ortho intramolecular Hbond substituents is 1. The number of fused-ring (bicyclic) bond motifs is 1. The highest BCUT2D eigenvalue weighted by Gasteiger charge is 2.11. The van der Waals surface area contributed by atoms with Crippen molar-refractivity contribution in [2.45, 2.75) is 6.92 Å². The van der Waals surface area contributed by atoms with Crippen molar-refractivity contribution in [3.8, 4) is 5.75 Å². The van der Waals surface area contributed by atoms with E-state index in [0.29, 0.717) is 0 Å². The lowest BCUT2D eigenvalue weighted by Gasteiger charge is -2.08. The average Bonchev–Trinajstić information content (AvgIpc) is 2.89. The summed E-state index contributed by atoms with van der Waals surface area (Å²) < 4.78 is 1.18. The van der Waals surface area contributed by atoms with Crippen LogP contribution in [0.5, 0.6) is 5.75 Å². The van der Waals surface area contributed by atoms with E-state index in [1.807, 2.05) is 36.6 Å². The van der Waals surface area contributed by atoms with Crippen molar-refractivity contribution in [2.24, 2.45) is 0 Å². The Kier molecular flexibility index (Phi) is 3.16. The van der Waals surface area contributed by atoms with Crippen LogP contribution < -0.4 is 5.32 Å². The molecular formula is C16H13NO2S. The number of anilines is 1. The Hall–Kier alpha value is -2.33. The summed E-state index contributed by atoms with van der Waals surface area (Å²) in [5.41, 5.74) is 1.94. The molecule has 20 heavy (non-hydrogen) atoms. The maximum absolute atomic E-state index is 12.2. The Bertz CT molecular complexity index is 792. The zero-order valence-corrected chi connectivity index (χ0v) is 11.7. The number of amides is 1. The minimum absolute atomic E-state index is 0.00953. The fourth-order valence-electron chi connectivity index (χ4n) is 2.07. The van der Waals surface area contributed by atoms with E-state index in [9.17, 15) is 9.90 Å². The molecule has 100 valence electrons. The van der Waals surface area contributed by atoms with E-state index in [1.165, 1.54) is 10.8 Å². The molecule has 2 aromatic carbocycles. The quantitative estimate of drug-likeness (QED) is 0.741. The highest BCUT2D eigenvalue weighted by Crippen LogP contribution is 2.25. The van der Waals surface area contributed by atoms with Crippen molar-refractivity contribution < 1.29 is 9.90 Å². The predicted octanol–water partition coefficient (Wildman–Crippen LogP) is 4.17. The minimum atomic E-state index is -0.305. The summed E-state index contributed by atoms with van der Waals surface area (Å²) in [6, 6.07) is 12.8. The Balaban J connectivity index is 1.89. The van der Waals surface area contributed by atoms with Crippen molar-refractivity contribution in [1.29, 1.82) is 0 Å². The van der Waals surface area contributed by atoms with Gasteiger partial charge in [0.05, 0.1) is 5.56 Å². The SMILES string of the molecule is Cc1ccc(O)c(C(=O)Nc2ccc3sccc3c2)c1. The molecule has 1 aromatic heterocycles. The van der Waals surface area contributed by atoms with Gasteiger partial charge in [-0.1, -0.05) is 11.6 Å². The lowest BCUT2D eigenvalue weighted by atomic mass is 10.1. The van der Waals surface area contributed by atoms with Gasteiger partial charge in [0, 0.05) is 10.4 Å². The van der Waals surface area contributed by atoms with Crippen LogP contribution >= 0.6 is 11.3 Å². The lowest BCUT2D eigenvalue weighted by molar-refractivity contribution is 0.102. The van der Waals surface area contributed by atoms with E-state index >= 15 is 0 Å². The molecule has 0 aliphatic carbocycles. The minimum Gasteiger partial charge on any atom is -0.507 e. The molecule has 0 aliphatic rings. The van der Waals surface area contributed by atoms with Crippen LogP contribution in [0.15, 0.2) is 47.8 Å². The fraction of sp³-hybridized carbons (Fsp3) is 0.0625. The highest BCUT2D eigenvalue weighted by molar-refractivity contribution is 7.17. The van der Waals surface area contributed by atoms with E-state index in [4.69, 9.17) is 0 Å². The number of nitrogens with one attached hydrogen (secondary N) is 1. The summed E-state index contributed by atoms with van der Waals surface area (Å²) in [4.78, 5) is 12.2. The number of carbonyl (C=O) groups excluding carboxylic acids is 1. The molecule has 0 aliphatic heterocycles. The summed E-state index contributed by atoms with van der Waals surface area (Å²) in [7, 11) is 0. The van der Waals surface area contributed by atoms with Gasteiger partial charge in [0.2, 0.25) is 0 Å². The first-order valence-corrected chi connectivity index (χ1v) is 7.10. The topological polar surface area (TPSA) is 49.3 Å². The number of rotatable bonds is 2. The summed E-state index contributed by atoms with van der Waals surface area (Å²) in [5, 5.41) is 15.7. The van der Waals surface area contributed by atoms with Gasteiger partial charge >= 0.3 is 0 Å². The van der Waals surface area contributed by atoms with Crippen molar-refractivity contribution in [1.82, 2.24) is 0 Å². The number of aromatic hydroxyl groups is 1. The molecule has 2 N–H and O–H groups in total. The second-order valence-corrected chi connectivity index (χ2v) is 5.60. The van der Waals surface area contributed by atoms with Crippen LogP contribution in [0.4, 0.5) is 5.69 Å². The van der Waals surface area contributed by atoms with Gasteiger partial charge in [-0.15, -0.1) is 11.3 Å². The van der Waals surface area contributed by atoms with Gasteiger partial charge in [0.15, 0.2) is 0 Å². The maximum Gasteiger partial charge on any atom is 0.259 e. The third-order valence-electron chi connectivity index (χ3n) is 3.11. The van der Waals surface area contributed by atoms with E-state index in [1.54, 1.807) is 23.5 Å². The molecule has 0 saturated heterocycles. The molecule has 3 rings (SSSR count). The summed E-state index contributed by atoms with van der Waals surface area (Å²) >= 11 is 1.66. The highest BCUT2D eigenvalue weighted by atomic mass is 32.1. The number of aryl methyl sites for hydroxylation is 1. The Morgan fingerprint density at radius 1 is 1.15 bits per heavy atom. The molecule has 0 bridgehead atoms. The lowest BCUT2D eigenvalue weighted by Crippen LogP contribution is -2.12. The summed E-state index contributed by atoms with van der Waals surface area (Å²) in [5.74, 6) is -0.314. The van der Waals surface area contributed by atoms with Crippen molar-refractivity contribution in [3.63, 3.8) is 0 Å². The molecular weight excluding hydrogens is 270 g/mol. The molecule has 3 nitrogen and oxygen atoms in total. The molecule has 0 spiro atoms. The first-order chi connectivity index (χ1) is 9.63. The number of carbonyl (C=O) groups is 1. The van der Waals surface area contributed by atoms with Crippen molar-refractivity contribution in [2.75, 3.05) is 5.32 Å². The third-order valence-corrected chi connectivity index (χ3v) is 4.00. The van der Waals surface area contributed by atoms with Crippen LogP contribution in [0.25, 0.3) is 10.1 Å². The number of benzene rings is 2. The van der Waals surface area contributed by atoms with Gasteiger partial charge in [-0.3, -0.25) is 4.79 Å². The molecule has 1 amide bonds. The molecule has 0 radical (unpaired) electrons. The molecule has 3 aromatic rings. The van der Waals surface area contributed by atoms with Gasteiger partial charge in [0.1, 0.15) is 5.75 Å². The summed E-state index contributed by atoms with van der Waals surface area (Å²) in [6.45, 7) is 1.88. The van der Waals surface area contributed by atoms with Crippen LogP contribution in [0.3, 0.4) is 0 Å². The Morgan fingerprint density at radius 2 is 2.00 bits per heavy atom. The van der Waals surface area contributed by atoms with Gasteiger partial charge in [0.25, 0.3) is 5.91 Å². The van der Waals surface area contributed by atoms with Gasteiger partial charge < -0.3 is 10.4 Å². The molecule has 0 unspecified atom stereocenters. The van der Waals surface area contributed by atoms with Crippen molar-refractivity contribution in [3.05, 3.63) is 59.0 Å². The monoisotopic (exact) mass is 283 g/mol. The zero-order chi connectivity index (χ0) is 14.1. The van der Waals surface area contributed by atoms with Crippen LogP contribution in [-0.2, 0) is 0 Å². The Labute approximate surface area is 120 Å². The summed E-state index contributed by atoms with van der Waals surface area (Å²) in [6.07, 6.45) is 0. The smallest absolute Gasteiger partial charge is 0.259 e. The van der Waals surface area contributed by atoms with Crippen LogP contribution in [0, 0.1) is 6.92 Å². The standard InChI is InChI=1S/C16H13NO2S/c1-10-2-4-14(18)13(8-10)16(19)17-12-3-5-15-11(9-12)6-7-20-15/h2-9,18H,1H3,(H,17,19). The number of thiophene rings is 1. The van der Waals surface area contributed by atoms with Gasteiger partial charge in [-0.2, -0.15) is 0 Å². The van der Waals surface area contributed by atoms with E-state index in [-0.39, 0.29) is 17.2 Å². The zero-order valence-electron chi connectivity index (χ0n) is 10.9. The van der Waals surface area contributed by atoms with Crippen LogP contribution in [0.1, 0.15) is 15.9 Å². The van der Waals surface area contributed by atoms with E-state index < -0.39 is 0 Å². The van der Waals surface area contributed by atoms with E-state index in [2.05, 4.69) is 5.32 Å². The van der Waals surface area contributed by atoms with Gasteiger partial charge in [-0.25, -0.2) is 0 Å². The van der Waals surface area contributed by atoms with E-state index in [0.717, 1.165) is 16.6 Å². The molecule has 4 heteroatoms. The first kappa shape index (κ1) is 12.7. The first-order valence-electron chi connectivity index (χ1n) is 6.22.